The monoisotopic (exact) mass is 372 g/mol. The van der Waals surface area contributed by atoms with Crippen LogP contribution in [0.3, 0.4) is 0 Å². The minimum atomic E-state index is -1.05. The number of esters is 1. The number of nitrogens with one attached hydrogen (secondary N) is 1. The van der Waals surface area contributed by atoms with Gasteiger partial charge in [0, 0.05) is 16.2 Å². The molecule has 0 saturated heterocycles. The number of carbonyl (C=O) groups is 2. The molecule has 0 spiro atoms. The normalized spacial score (nSPS) is 11.7. The molecule has 1 atom stereocenters. The topological polar surface area (TPSA) is 68.3 Å². The van der Waals surface area contributed by atoms with Crippen molar-refractivity contribution in [3.05, 3.63) is 57.3 Å². The lowest BCUT2D eigenvalue weighted by Crippen LogP contribution is -2.30. The van der Waals surface area contributed by atoms with Gasteiger partial charge in [0.1, 0.15) is 5.69 Å². The highest BCUT2D eigenvalue weighted by molar-refractivity contribution is 6.36. The van der Waals surface area contributed by atoms with E-state index in [1.165, 1.54) is 31.3 Å². The molecular formula is C15H11Cl3N2O3. The lowest BCUT2D eigenvalue weighted by molar-refractivity contribution is -0.123. The molecule has 1 amide bonds. The molecule has 0 aliphatic carbocycles. The third-order valence-electron chi connectivity index (χ3n) is 2.77. The summed E-state index contributed by atoms with van der Waals surface area (Å²) >= 11 is 17.5. The molecule has 5 nitrogen and oxygen atoms in total. The van der Waals surface area contributed by atoms with Crippen LogP contribution in [-0.2, 0) is 9.53 Å². The SMILES string of the molecule is C[C@@H](OC(=O)c1cc(Cl)ccn1)C(=O)Nc1ccc(Cl)cc1Cl. The van der Waals surface area contributed by atoms with E-state index in [9.17, 15) is 9.59 Å². The Morgan fingerprint density at radius 1 is 1.13 bits per heavy atom. The summed E-state index contributed by atoms with van der Waals surface area (Å²) in [7, 11) is 0. The van der Waals surface area contributed by atoms with Crippen LogP contribution in [0.5, 0.6) is 0 Å². The lowest BCUT2D eigenvalue weighted by atomic mass is 10.3. The van der Waals surface area contributed by atoms with Crippen LogP contribution in [0.1, 0.15) is 17.4 Å². The number of hydrogen-bond acceptors (Lipinski definition) is 4. The van der Waals surface area contributed by atoms with Crippen molar-refractivity contribution < 1.29 is 14.3 Å². The quantitative estimate of drug-likeness (QED) is 0.815. The summed E-state index contributed by atoms with van der Waals surface area (Å²) in [5, 5.41) is 3.62. The van der Waals surface area contributed by atoms with E-state index in [0.717, 1.165) is 0 Å². The maximum Gasteiger partial charge on any atom is 0.357 e. The second kappa shape index (κ2) is 7.64. The van der Waals surface area contributed by atoms with E-state index in [1.807, 2.05) is 0 Å². The van der Waals surface area contributed by atoms with Gasteiger partial charge in [0.2, 0.25) is 0 Å². The maximum absolute atomic E-state index is 12.1. The van der Waals surface area contributed by atoms with Crippen molar-refractivity contribution in [2.75, 3.05) is 5.32 Å². The second-order valence-electron chi connectivity index (χ2n) is 4.52. The van der Waals surface area contributed by atoms with Gasteiger partial charge in [-0.2, -0.15) is 0 Å². The number of aromatic nitrogens is 1. The first-order valence-electron chi connectivity index (χ1n) is 6.45. The maximum atomic E-state index is 12.1. The summed E-state index contributed by atoms with van der Waals surface area (Å²) in [6.07, 6.45) is 0.326. The first-order chi connectivity index (χ1) is 10.9. The van der Waals surface area contributed by atoms with E-state index >= 15 is 0 Å². The Morgan fingerprint density at radius 3 is 2.48 bits per heavy atom. The molecule has 120 valence electrons. The number of carbonyl (C=O) groups excluding carboxylic acids is 2. The number of benzene rings is 1. The zero-order chi connectivity index (χ0) is 17.0. The first kappa shape index (κ1) is 17.5. The van der Waals surface area contributed by atoms with Gasteiger partial charge < -0.3 is 10.1 Å². The van der Waals surface area contributed by atoms with Gasteiger partial charge in [-0.05, 0) is 37.3 Å². The summed E-state index contributed by atoms with van der Waals surface area (Å²) in [4.78, 5) is 27.8. The van der Waals surface area contributed by atoms with Crippen LogP contribution >= 0.6 is 34.8 Å². The van der Waals surface area contributed by atoms with Crippen LogP contribution in [0.15, 0.2) is 36.5 Å². The Hall–Kier alpha value is -1.82. The summed E-state index contributed by atoms with van der Waals surface area (Å²) in [5.74, 6) is -1.29. The minimum Gasteiger partial charge on any atom is -0.448 e. The van der Waals surface area contributed by atoms with Crippen molar-refractivity contribution in [3.8, 4) is 0 Å². The smallest absolute Gasteiger partial charge is 0.357 e. The van der Waals surface area contributed by atoms with Gasteiger partial charge in [0.05, 0.1) is 10.7 Å². The van der Waals surface area contributed by atoms with Gasteiger partial charge in [-0.15, -0.1) is 0 Å². The third kappa shape index (κ3) is 4.82. The summed E-state index contributed by atoms with van der Waals surface area (Å²) in [6, 6.07) is 7.50. The molecule has 2 aromatic rings. The van der Waals surface area contributed by atoms with Gasteiger partial charge in [-0.1, -0.05) is 34.8 Å². The van der Waals surface area contributed by atoms with Crippen molar-refractivity contribution in [2.24, 2.45) is 0 Å². The third-order valence-corrected chi connectivity index (χ3v) is 3.56. The second-order valence-corrected chi connectivity index (χ2v) is 5.80. The van der Waals surface area contributed by atoms with E-state index in [-0.39, 0.29) is 10.7 Å². The molecule has 0 aliphatic rings. The fraction of sp³-hybridized carbons (Fsp3) is 0.133. The predicted molar refractivity (Wildman–Crippen MR) is 89.2 cm³/mol. The van der Waals surface area contributed by atoms with Crippen LogP contribution in [0.2, 0.25) is 15.1 Å². The fourth-order valence-corrected chi connectivity index (χ4v) is 2.23. The van der Waals surface area contributed by atoms with E-state index in [2.05, 4.69) is 10.3 Å². The van der Waals surface area contributed by atoms with Crippen LogP contribution in [0.25, 0.3) is 0 Å². The highest BCUT2D eigenvalue weighted by atomic mass is 35.5. The molecule has 23 heavy (non-hydrogen) atoms. The van der Waals surface area contributed by atoms with Gasteiger partial charge in [-0.25, -0.2) is 9.78 Å². The fourth-order valence-electron chi connectivity index (χ4n) is 1.62. The zero-order valence-electron chi connectivity index (χ0n) is 11.8. The van der Waals surface area contributed by atoms with E-state index in [1.54, 1.807) is 12.1 Å². The molecule has 0 bridgehead atoms. The van der Waals surface area contributed by atoms with Crippen LogP contribution < -0.4 is 5.32 Å². The predicted octanol–water partition coefficient (Wildman–Crippen LogP) is 4.23. The Labute approximate surface area is 147 Å². The Kier molecular flexibility index (Phi) is 5.82. The molecule has 0 aliphatic heterocycles. The molecule has 1 aromatic carbocycles. The summed E-state index contributed by atoms with van der Waals surface area (Å²) in [5.41, 5.74) is 0.381. The highest BCUT2D eigenvalue weighted by Gasteiger charge is 2.20. The standard InChI is InChI=1S/C15H11Cl3N2O3/c1-8(23-15(22)13-7-10(17)4-5-19-13)14(21)20-12-3-2-9(16)6-11(12)18/h2-8H,1H3,(H,20,21)/t8-/m1/s1. The van der Waals surface area contributed by atoms with E-state index < -0.39 is 18.0 Å². The average Bonchev–Trinajstić information content (AvgIpc) is 2.49. The number of hydrogen-bond donors (Lipinski definition) is 1. The van der Waals surface area contributed by atoms with E-state index in [0.29, 0.717) is 15.7 Å². The van der Waals surface area contributed by atoms with Crippen LogP contribution in [0, 0.1) is 0 Å². The van der Waals surface area contributed by atoms with Gasteiger partial charge >= 0.3 is 5.97 Å². The molecule has 0 unspecified atom stereocenters. The molecule has 0 fully saturated rings. The van der Waals surface area contributed by atoms with Gasteiger partial charge in [0.15, 0.2) is 6.10 Å². The lowest BCUT2D eigenvalue weighted by Gasteiger charge is -2.14. The van der Waals surface area contributed by atoms with Crippen LogP contribution in [0.4, 0.5) is 5.69 Å². The number of amides is 1. The number of anilines is 1. The minimum absolute atomic E-state index is 0.0154. The molecular weight excluding hydrogens is 363 g/mol. The molecule has 0 radical (unpaired) electrons. The summed E-state index contributed by atoms with van der Waals surface area (Å²) < 4.78 is 5.05. The number of pyridine rings is 1. The largest absolute Gasteiger partial charge is 0.448 e. The molecule has 1 aromatic heterocycles. The number of rotatable bonds is 4. The molecule has 8 heteroatoms. The van der Waals surface area contributed by atoms with Crippen molar-refractivity contribution in [2.45, 2.75) is 13.0 Å². The molecule has 2 rings (SSSR count). The number of nitrogens with zero attached hydrogens (tertiary/aromatic N) is 1. The number of ether oxygens (including phenoxy) is 1. The average molecular weight is 374 g/mol. The zero-order valence-corrected chi connectivity index (χ0v) is 14.1. The Balaban J connectivity index is 2.01. The van der Waals surface area contributed by atoms with Crippen LogP contribution in [-0.4, -0.2) is 23.0 Å². The molecule has 1 N–H and O–H groups in total. The molecule has 1 heterocycles. The Morgan fingerprint density at radius 2 is 1.83 bits per heavy atom. The van der Waals surface area contributed by atoms with Crippen molar-refractivity contribution in [1.82, 2.24) is 4.98 Å². The van der Waals surface area contributed by atoms with Crippen molar-refractivity contribution >= 4 is 52.4 Å². The summed E-state index contributed by atoms with van der Waals surface area (Å²) in [6.45, 7) is 1.43. The first-order valence-corrected chi connectivity index (χ1v) is 7.58. The Bertz CT molecular complexity index is 752. The van der Waals surface area contributed by atoms with Crippen molar-refractivity contribution in [3.63, 3.8) is 0 Å². The van der Waals surface area contributed by atoms with Crippen molar-refractivity contribution in [1.29, 1.82) is 0 Å². The van der Waals surface area contributed by atoms with Gasteiger partial charge in [0.25, 0.3) is 5.91 Å². The molecule has 0 saturated carbocycles. The number of halogens is 3. The van der Waals surface area contributed by atoms with Gasteiger partial charge in [-0.3, -0.25) is 4.79 Å². The highest BCUT2D eigenvalue weighted by Crippen LogP contribution is 2.25. The van der Waals surface area contributed by atoms with E-state index in [4.69, 9.17) is 39.5 Å².